The summed E-state index contributed by atoms with van der Waals surface area (Å²) in [6, 6.07) is 11.8. The molecule has 0 radical (unpaired) electrons. The van der Waals surface area contributed by atoms with Gasteiger partial charge in [0.1, 0.15) is 6.61 Å². The number of nitrogens with one attached hydrogen (secondary N) is 2. The first-order chi connectivity index (χ1) is 12.7. The molecule has 0 amide bonds. The van der Waals surface area contributed by atoms with Crippen LogP contribution in [0.25, 0.3) is 0 Å². The lowest BCUT2D eigenvalue weighted by Crippen LogP contribution is -2.19. The van der Waals surface area contributed by atoms with E-state index < -0.39 is 0 Å². The van der Waals surface area contributed by atoms with Gasteiger partial charge in [0.15, 0.2) is 11.5 Å². The summed E-state index contributed by atoms with van der Waals surface area (Å²) < 4.78 is 12.7. The van der Waals surface area contributed by atoms with Gasteiger partial charge in [0.25, 0.3) is 0 Å². The third-order valence-corrected chi connectivity index (χ3v) is 4.77. The lowest BCUT2D eigenvalue weighted by molar-refractivity contribution is 0.267. The minimum atomic E-state index is 0.389. The molecule has 0 aliphatic carbocycles. The van der Waals surface area contributed by atoms with Crippen molar-refractivity contribution in [3.05, 3.63) is 57.0 Å². The number of hydrogen-bond donors (Lipinski definition) is 2. The monoisotopic (exact) mass is 440 g/mol. The molecule has 6 heteroatoms. The van der Waals surface area contributed by atoms with Crippen molar-refractivity contribution in [2.75, 3.05) is 26.7 Å². The molecule has 0 atom stereocenters. The molecule has 0 bridgehead atoms. The van der Waals surface area contributed by atoms with Crippen LogP contribution in [0.15, 0.2) is 40.9 Å². The second kappa shape index (κ2) is 11.4. The zero-order valence-electron chi connectivity index (χ0n) is 15.3. The van der Waals surface area contributed by atoms with Gasteiger partial charge in [-0.2, -0.15) is 0 Å². The molecule has 0 aromatic heterocycles. The fraction of sp³-hybridized carbons (Fsp3) is 0.400. The van der Waals surface area contributed by atoms with Crippen LogP contribution in [0.5, 0.6) is 11.5 Å². The Kier molecular flexibility index (Phi) is 9.26. The van der Waals surface area contributed by atoms with E-state index >= 15 is 0 Å². The predicted octanol–water partition coefficient (Wildman–Crippen LogP) is 4.78. The molecule has 26 heavy (non-hydrogen) atoms. The van der Waals surface area contributed by atoms with Crippen molar-refractivity contribution in [3.8, 4) is 11.5 Å². The first-order valence-electron chi connectivity index (χ1n) is 8.82. The van der Waals surface area contributed by atoms with E-state index in [1.54, 1.807) is 0 Å². The van der Waals surface area contributed by atoms with Crippen molar-refractivity contribution in [1.82, 2.24) is 10.6 Å². The molecule has 0 spiro atoms. The number of hydrogen-bond acceptors (Lipinski definition) is 4. The number of ether oxygens (including phenoxy) is 2. The van der Waals surface area contributed by atoms with E-state index in [0.717, 1.165) is 47.4 Å². The van der Waals surface area contributed by atoms with Gasteiger partial charge in [0.2, 0.25) is 0 Å². The smallest absolute Gasteiger partial charge is 0.175 e. The molecule has 2 aromatic carbocycles. The molecular weight excluding hydrogens is 416 g/mol. The highest BCUT2D eigenvalue weighted by atomic mass is 79.9. The Labute approximate surface area is 169 Å². The molecule has 0 aliphatic rings. The van der Waals surface area contributed by atoms with Crippen LogP contribution in [0.4, 0.5) is 0 Å². The van der Waals surface area contributed by atoms with Gasteiger partial charge in [0, 0.05) is 17.1 Å². The van der Waals surface area contributed by atoms with Gasteiger partial charge in [-0.3, -0.25) is 0 Å². The number of benzene rings is 2. The molecular formula is C20H26BrClN2O2. The molecule has 0 unspecified atom stereocenters. The van der Waals surface area contributed by atoms with Gasteiger partial charge in [-0.15, -0.1) is 0 Å². The third-order valence-electron chi connectivity index (χ3n) is 3.81. The second-order valence-electron chi connectivity index (χ2n) is 5.85. The lowest BCUT2D eigenvalue weighted by Gasteiger charge is -2.16. The Morgan fingerprint density at radius 1 is 1.12 bits per heavy atom. The Morgan fingerprint density at radius 3 is 2.65 bits per heavy atom. The van der Waals surface area contributed by atoms with E-state index in [9.17, 15) is 0 Å². The summed E-state index contributed by atoms with van der Waals surface area (Å²) in [5.41, 5.74) is 2.09. The molecule has 2 N–H and O–H groups in total. The highest BCUT2D eigenvalue weighted by Gasteiger charge is 2.13. The highest BCUT2D eigenvalue weighted by Crippen LogP contribution is 2.37. The van der Waals surface area contributed by atoms with Crippen molar-refractivity contribution < 1.29 is 9.47 Å². The number of halogens is 2. The van der Waals surface area contributed by atoms with Crippen LogP contribution >= 0.6 is 27.5 Å². The second-order valence-corrected chi connectivity index (χ2v) is 7.11. The first kappa shape index (κ1) is 21.0. The van der Waals surface area contributed by atoms with Crippen molar-refractivity contribution in [2.45, 2.75) is 26.5 Å². The largest absolute Gasteiger partial charge is 0.490 e. The fourth-order valence-electron chi connectivity index (χ4n) is 2.51. The van der Waals surface area contributed by atoms with Gasteiger partial charge in [-0.05, 0) is 73.2 Å². The maximum absolute atomic E-state index is 6.21. The fourth-order valence-corrected chi connectivity index (χ4v) is 3.31. The normalized spacial score (nSPS) is 10.8. The summed E-state index contributed by atoms with van der Waals surface area (Å²) in [4.78, 5) is 0. The van der Waals surface area contributed by atoms with E-state index in [4.69, 9.17) is 21.1 Å². The zero-order valence-corrected chi connectivity index (χ0v) is 17.6. The first-order valence-corrected chi connectivity index (χ1v) is 9.99. The summed E-state index contributed by atoms with van der Waals surface area (Å²) in [6.07, 6.45) is 1.09. The molecule has 142 valence electrons. The average molecular weight is 442 g/mol. The van der Waals surface area contributed by atoms with Gasteiger partial charge in [-0.25, -0.2) is 0 Å². The highest BCUT2D eigenvalue weighted by molar-refractivity contribution is 9.10. The van der Waals surface area contributed by atoms with Crippen LogP contribution in [-0.4, -0.2) is 26.7 Å². The quantitative estimate of drug-likeness (QED) is 0.493. The molecule has 0 fully saturated rings. The van der Waals surface area contributed by atoms with Crippen LogP contribution in [0.1, 0.15) is 24.5 Å². The Morgan fingerprint density at radius 2 is 1.92 bits per heavy atom. The predicted molar refractivity (Wildman–Crippen MR) is 111 cm³/mol. The van der Waals surface area contributed by atoms with Crippen LogP contribution in [0, 0.1) is 0 Å². The van der Waals surface area contributed by atoms with Crippen molar-refractivity contribution in [3.63, 3.8) is 0 Å². The molecule has 0 saturated heterocycles. The molecule has 2 rings (SSSR count). The summed E-state index contributed by atoms with van der Waals surface area (Å²) in [5.74, 6) is 1.44. The van der Waals surface area contributed by atoms with Gasteiger partial charge in [-0.1, -0.05) is 29.8 Å². The van der Waals surface area contributed by atoms with E-state index in [1.807, 2.05) is 44.3 Å². The average Bonchev–Trinajstić information content (AvgIpc) is 2.62. The zero-order chi connectivity index (χ0) is 18.8. The Bertz CT molecular complexity index is 698. The van der Waals surface area contributed by atoms with E-state index in [0.29, 0.717) is 24.0 Å². The van der Waals surface area contributed by atoms with Gasteiger partial charge >= 0.3 is 0 Å². The Hall–Kier alpha value is -1.27. The van der Waals surface area contributed by atoms with Crippen LogP contribution in [0.2, 0.25) is 5.02 Å². The maximum Gasteiger partial charge on any atom is 0.175 e. The van der Waals surface area contributed by atoms with E-state index in [1.165, 1.54) is 0 Å². The molecule has 0 aliphatic heterocycles. The third kappa shape index (κ3) is 6.47. The van der Waals surface area contributed by atoms with Crippen molar-refractivity contribution in [2.24, 2.45) is 0 Å². The minimum Gasteiger partial charge on any atom is -0.490 e. The molecule has 4 nitrogen and oxygen atoms in total. The summed E-state index contributed by atoms with van der Waals surface area (Å²) in [5, 5.41) is 7.29. The minimum absolute atomic E-state index is 0.389. The van der Waals surface area contributed by atoms with E-state index in [2.05, 4.69) is 32.6 Å². The van der Waals surface area contributed by atoms with Crippen molar-refractivity contribution >= 4 is 27.5 Å². The van der Waals surface area contributed by atoms with E-state index in [-0.39, 0.29) is 0 Å². The van der Waals surface area contributed by atoms with Crippen LogP contribution in [0.3, 0.4) is 0 Å². The summed E-state index contributed by atoms with van der Waals surface area (Å²) in [7, 11) is 1.97. The van der Waals surface area contributed by atoms with Gasteiger partial charge in [0.05, 0.1) is 11.1 Å². The standard InChI is InChI=1S/C20H26BrClN2O2/c1-3-25-19-12-15(13-24-10-6-9-23-2)11-17(21)20(19)26-14-16-7-4-5-8-18(16)22/h4-5,7-8,11-12,23-24H,3,6,9-10,13-14H2,1-2H3. The van der Waals surface area contributed by atoms with Gasteiger partial charge < -0.3 is 20.1 Å². The van der Waals surface area contributed by atoms with Crippen molar-refractivity contribution in [1.29, 1.82) is 0 Å². The summed E-state index contributed by atoms with van der Waals surface area (Å²) >= 11 is 9.83. The summed E-state index contributed by atoms with van der Waals surface area (Å²) in [6.45, 7) is 5.69. The molecule has 0 saturated carbocycles. The molecule has 2 aromatic rings. The maximum atomic E-state index is 6.21. The molecule has 0 heterocycles. The topological polar surface area (TPSA) is 42.5 Å². The lowest BCUT2D eigenvalue weighted by atomic mass is 10.2. The number of rotatable bonds is 11. The van der Waals surface area contributed by atoms with Crippen LogP contribution in [-0.2, 0) is 13.2 Å². The Balaban J connectivity index is 2.06. The van der Waals surface area contributed by atoms with Crippen LogP contribution < -0.4 is 20.1 Å². The SMILES string of the molecule is CCOc1cc(CNCCCNC)cc(Br)c1OCc1ccccc1Cl.